The lowest BCUT2D eigenvalue weighted by atomic mass is 9.90. The van der Waals surface area contributed by atoms with Gasteiger partial charge in [-0.15, -0.1) is 0 Å². The highest BCUT2D eigenvalue weighted by Crippen LogP contribution is 2.46. The smallest absolute Gasteiger partial charge is 0.438 e. The minimum atomic E-state index is -4.79. The molecule has 2 N–H and O–H groups in total. The highest BCUT2D eigenvalue weighted by atomic mass is 35.5. The normalized spacial score (nSPS) is 26.2. The number of carbonyl (C=O) groups excluding carboxylic acids is 2. The first-order valence-electron chi connectivity index (χ1n) is 15.7. The summed E-state index contributed by atoms with van der Waals surface area (Å²) in [6.45, 7) is 1.20. The lowest BCUT2D eigenvalue weighted by Gasteiger charge is -2.31. The maximum atomic E-state index is 13.5. The molecule has 3 aliphatic rings. The summed E-state index contributed by atoms with van der Waals surface area (Å²) in [7, 11) is -9.19. The van der Waals surface area contributed by atoms with E-state index in [9.17, 15) is 37.1 Å². The average molecular weight is 735 g/mol. The number of hydrogen-bond donors (Lipinski definition) is 2. The first-order valence-corrected chi connectivity index (χ1v) is 19.6. The van der Waals surface area contributed by atoms with Gasteiger partial charge in [0.15, 0.2) is 38.9 Å². The van der Waals surface area contributed by atoms with Gasteiger partial charge in [0.2, 0.25) is 6.79 Å². The summed E-state index contributed by atoms with van der Waals surface area (Å²) in [6.07, 6.45) is 0.974. The number of nitriles is 1. The van der Waals surface area contributed by atoms with Crippen LogP contribution in [-0.2, 0) is 42.7 Å². The zero-order chi connectivity index (χ0) is 34.6. The van der Waals surface area contributed by atoms with Crippen LogP contribution >= 0.6 is 19.2 Å². The number of unbranched alkanes of at least 4 members (excludes halogenated alkanes) is 5. The summed E-state index contributed by atoms with van der Waals surface area (Å²) in [4.78, 5) is 38.6. The van der Waals surface area contributed by atoms with E-state index in [1.54, 1.807) is 6.07 Å². The van der Waals surface area contributed by atoms with Gasteiger partial charge in [-0.3, -0.25) is 13.9 Å². The van der Waals surface area contributed by atoms with E-state index in [0.29, 0.717) is 17.5 Å². The summed E-state index contributed by atoms with van der Waals surface area (Å²) in [5.41, 5.74) is -0.727. The molecule has 0 aromatic carbocycles. The van der Waals surface area contributed by atoms with E-state index < -0.39 is 78.3 Å². The summed E-state index contributed by atoms with van der Waals surface area (Å²) >= 11 is 6.35. The largest absolute Gasteiger partial charge is 0.509 e. The third-order valence-electron chi connectivity index (χ3n) is 8.37. The van der Waals surface area contributed by atoms with Crippen LogP contribution < -0.4 is 5.32 Å². The van der Waals surface area contributed by atoms with Crippen molar-refractivity contribution in [1.29, 1.82) is 5.26 Å². The number of anilines is 1. The molecular weight excluding hydrogens is 698 g/mol. The lowest BCUT2D eigenvalue weighted by molar-refractivity contribution is -0.150. The van der Waals surface area contributed by atoms with Crippen LogP contribution in [0.4, 0.5) is 14.9 Å². The first kappa shape index (κ1) is 36.3. The molecule has 0 bridgehead atoms. The number of sulfone groups is 1. The molecule has 1 aliphatic carbocycles. The molecule has 2 saturated heterocycles. The fourth-order valence-corrected chi connectivity index (χ4v) is 9.85. The monoisotopic (exact) mass is 734 g/mol. The van der Waals surface area contributed by atoms with Gasteiger partial charge in [-0.05, 0) is 25.3 Å². The number of hydrogen-bond acceptors (Lipinski definition) is 13. The predicted molar refractivity (Wildman–Crippen MR) is 169 cm³/mol. The Hall–Kier alpha value is -3.00. The fourth-order valence-electron chi connectivity index (χ4n) is 5.94. The number of nitrogens with one attached hydrogen (secondary N) is 1. The van der Waals surface area contributed by atoms with E-state index in [-0.39, 0.29) is 41.7 Å². The van der Waals surface area contributed by atoms with Crippen molar-refractivity contribution >= 4 is 57.9 Å². The molecule has 4 heterocycles. The van der Waals surface area contributed by atoms with Gasteiger partial charge >= 0.3 is 19.7 Å². The number of aromatic nitrogens is 2. The van der Waals surface area contributed by atoms with Gasteiger partial charge < -0.3 is 33.7 Å². The number of halogens is 2. The molecule has 15 nitrogen and oxygen atoms in total. The highest BCUT2D eigenvalue weighted by molar-refractivity contribution is 7.97. The zero-order valence-electron chi connectivity index (χ0n) is 26.1. The molecular formula is C29H37ClFN4O11PS. The minimum absolute atomic E-state index is 0.0530. The number of carbonyl (C=O) groups is 2. The number of rotatable bonds is 17. The van der Waals surface area contributed by atoms with E-state index in [1.807, 2.05) is 6.07 Å². The zero-order valence-corrected chi connectivity index (χ0v) is 28.6. The SMILES string of the molecule is CCCCCCCCC(=O)OCOP(=O)(O)CS(=O)(=O)C[C@H]1O[C@@H](n2ccc3c(N[C@H]4C[C@@H](F)C4)c(C#N)c(Cl)nc32)[C@@H]2OC(=O)O[C@@H]21. The van der Waals surface area contributed by atoms with Crippen LogP contribution in [0.2, 0.25) is 5.15 Å². The Morgan fingerprint density at radius 1 is 1.25 bits per heavy atom. The van der Waals surface area contributed by atoms with Crippen LogP contribution in [0.3, 0.4) is 0 Å². The minimum Gasteiger partial charge on any atom is -0.438 e. The Kier molecular flexibility index (Phi) is 11.5. The molecule has 3 fully saturated rings. The van der Waals surface area contributed by atoms with Crippen molar-refractivity contribution in [2.24, 2.45) is 0 Å². The molecule has 0 spiro atoms. The van der Waals surface area contributed by atoms with E-state index in [0.717, 1.165) is 32.1 Å². The van der Waals surface area contributed by atoms with Crippen LogP contribution in [0.25, 0.3) is 11.0 Å². The molecule has 5 atom stereocenters. The van der Waals surface area contributed by atoms with Crippen molar-refractivity contribution in [2.75, 3.05) is 23.4 Å². The molecule has 0 amide bonds. The van der Waals surface area contributed by atoms with E-state index >= 15 is 0 Å². The number of alkyl halides is 1. The molecule has 1 saturated carbocycles. The van der Waals surface area contributed by atoms with Gasteiger partial charge in [0, 0.05) is 24.0 Å². The average Bonchev–Trinajstić information content (AvgIpc) is 3.66. The van der Waals surface area contributed by atoms with Crippen molar-refractivity contribution in [3.63, 3.8) is 0 Å². The third kappa shape index (κ3) is 8.58. The molecule has 5 rings (SSSR count). The van der Waals surface area contributed by atoms with E-state index in [4.69, 9.17) is 35.1 Å². The predicted octanol–water partition coefficient (Wildman–Crippen LogP) is 5.10. The molecule has 19 heteroatoms. The Labute approximate surface area is 281 Å². The van der Waals surface area contributed by atoms with Crippen molar-refractivity contribution in [3.8, 4) is 6.07 Å². The van der Waals surface area contributed by atoms with Gasteiger partial charge in [0.05, 0.1) is 11.4 Å². The van der Waals surface area contributed by atoms with Gasteiger partial charge in [-0.2, -0.15) is 5.26 Å². The van der Waals surface area contributed by atoms with Gasteiger partial charge in [0.25, 0.3) is 0 Å². The number of esters is 1. The summed E-state index contributed by atoms with van der Waals surface area (Å²) < 4.78 is 79.8. The van der Waals surface area contributed by atoms with Crippen molar-refractivity contribution < 1.29 is 55.3 Å². The number of ether oxygens (including phenoxy) is 4. The van der Waals surface area contributed by atoms with Crippen molar-refractivity contribution in [2.45, 2.75) is 101 Å². The standard InChI is InChI=1S/C29H37ClFN4O11PS/c1-2-3-4-5-6-7-8-22(36)42-15-43-47(38,39)16-48(40,41)14-21-24-25(46-29(37)45-24)28(44-21)35-10-9-19-23(33-18-11-17(31)12-18)20(13-32)26(30)34-27(19)35/h9-10,17-18,21,24-25,28H,2-8,11-12,14-16H2,1H3,(H,33,34)(H,38,39)/t17-,18+,21-,24-,25-,28-/m1/s1. The van der Waals surface area contributed by atoms with Gasteiger partial charge in [0.1, 0.15) is 29.6 Å². The Morgan fingerprint density at radius 3 is 2.67 bits per heavy atom. The maximum absolute atomic E-state index is 13.5. The maximum Gasteiger partial charge on any atom is 0.509 e. The first-order chi connectivity index (χ1) is 22.8. The van der Waals surface area contributed by atoms with E-state index in [1.165, 1.54) is 10.8 Å². The lowest BCUT2D eigenvalue weighted by Crippen LogP contribution is -2.36. The second-order valence-electron chi connectivity index (χ2n) is 12.1. The summed E-state index contributed by atoms with van der Waals surface area (Å²) in [6, 6.07) is 3.38. The molecule has 2 aliphatic heterocycles. The molecule has 0 radical (unpaired) electrons. The number of pyridine rings is 1. The molecule has 2 aromatic rings. The quantitative estimate of drug-likeness (QED) is 0.0713. The van der Waals surface area contributed by atoms with Crippen LogP contribution in [-0.4, -0.2) is 83.6 Å². The van der Waals surface area contributed by atoms with E-state index in [2.05, 4.69) is 17.2 Å². The number of fused-ring (bicyclic) bond motifs is 2. The van der Waals surface area contributed by atoms with Gasteiger partial charge in [-0.25, -0.2) is 22.6 Å². The van der Waals surface area contributed by atoms with Crippen LogP contribution in [0.5, 0.6) is 0 Å². The Morgan fingerprint density at radius 2 is 1.96 bits per heavy atom. The second-order valence-corrected chi connectivity index (χ2v) is 16.8. The number of nitrogens with zero attached hydrogens (tertiary/aromatic N) is 3. The van der Waals surface area contributed by atoms with Crippen molar-refractivity contribution in [1.82, 2.24) is 9.55 Å². The van der Waals surface area contributed by atoms with Crippen LogP contribution in [0.15, 0.2) is 12.3 Å². The molecule has 2 aromatic heterocycles. The summed E-state index contributed by atoms with van der Waals surface area (Å²) in [5, 5.41) is 13.2. The second kappa shape index (κ2) is 15.3. The fraction of sp³-hybridized carbons (Fsp3) is 0.655. The van der Waals surface area contributed by atoms with Crippen LogP contribution in [0, 0.1) is 11.3 Å². The molecule has 264 valence electrons. The third-order valence-corrected chi connectivity index (χ3v) is 12.9. The molecule has 48 heavy (non-hydrogen) atoms. The van der Waals surface area contributed by atoms with Crippen LogP contribution in [0.1, 0.15) is 76.5 Å². The van der Waals surface area contributed by atoms with Gasteiger partial charge in [-0.1, -0.05) is 50.6 Å². The molecule has 1 unspecified atom stereocenters. The summed E-state index contributed by atoms with van der Waals surface area (Å²) in [5.74, 6) is -1.48. The topological polar surface area (TPSA) is 205 Å². The Bertz CT molecular complexity index is 1710. The Balaban J connectivity index is 1.23. The highest BCUT2D eigenvalue weighted by Gasteiger charge is 2.56. The van der Waals surface area contributed by atoms with Crippen molar-refractivity contribution in [3.05, 3.63) is 23.0 Å².